The maximum absolute atomic E-state index is 12.0. The van der Waals surface area contributed by atoms with Crippen LogP contribution >= 0.6 is 0 Å². The van der Waals surface area contributed by atoms with Crippen LogP contribution in [-0.4, -0.2) is 51.4 Å². The van der Waals surface area contributed by atoms with Gasteiger partial charge in [-0.25, -0.2) is 13.2 Å². The van der Waals surface area contributed by atoms with Gasteiger partial charge in [-0.2, -0.15) is 0 Å². The fourth-order valence-electron chi connectivity index (χ4n) is 2.91. The van der Waals surface area contributed by atoms with Crippen molar-refractivity contribution in [1.82, 2.24) is 0 Å². The van der Waals surface area contributed by atoms with E-state index in [0.29, 0.717) is 31.8 Å². The molecule has 8 nitrogen and oxygen atoms in total. The Hall–Kier alpha value is -2.29. The van der Waals surface area contributed by atoms with Gasteiger partial charge in [-0.3, -0.25) is 9.52 Å². The van der Waals surface area contributed by atoms with Gasteiger partial charge in [-0.15, -0.1) is 0 Å². The second-order valence-corrected chi connectivity index (χ2v) is 7.70. The van der Waals surface area contributed by atoms with Crippen LogP contribution in [0, 0.1) is 5.92 Å². The molecule has 25 heavy (non-hydrogen) atoms. The summed E-state index contributed by atoms with van der Waals surface area (Å²) in [6, 6.07) is 4.36. The van der Waals surface area contributed by atoms with Crippen molar-refractivity contribution >= 4 is 33.3 Å². The summed E-state index contributed by atoms with van der Waals surface area (Å²) in [6.07, 6.45) is 2.44. The molecule has 0 spiro atoms. The van der Waals surface area contributed by atoms with Gasteiger partial charge in [0.1, 0.15) is 0 Å². The minimum absolute atomic E-state index is 0.0156. The quantitative estimate of drug-likeness (QED) is 0.730. The number of hydrogen-bond acceptors (Lipinski definition) is 6. The van der Waals surface area contributed by atoms with E-state index >= 15 is 0 Å². The number of carbonyl (C=O) groups is 2. The maximum atomic E-state index is 12.0. The molecule has 0 aliphatic carbocycles. The summed E-state index contributed by atoms with van der Waals surface area (Å²) in [5, 5.41) is 9.48. The van der Waals surface area contributed by atoms with Crippen LogP contribution in [0.3, 0.4) is 0 Å². The Bertz CT molecular complexity index is 762. The Morgan fingerprint density at radius 3 is 2.72 bits per heavy atom. The van der Waals surface area contributed by atoms with Crippen molar-refractivity contribution in [2.75, 3.05) is 35.6 Å². The number of carboxylic acids is 1. The Morgan fingerprint density at radius 2 is 2.12 bits per heavy atom. The van der Waals surface area contributed by atoms with E-state index in [2.05, 4.69) is 4.72 Å². The lowest BCUT2D eigenvalue weighted by Gasteiger charge is -2.34. The number of esters is 1. The van der Waals surface area contributed by atoms with E-state index in [1.54, 1.807) is 13.0 Å². The molecule has 138 valence electrons. The number of carbonyl (C=O) groups excluding carboxylic acids is 1. The first-order valence-electron chi connectivity index (χ1n) is 7.98. The van der Waals surface area contributed by atoms with Crippen LogP contribution in [-0.2, 0) is 19.6 Å². The maximum Gasteiger partial charge on any atom is 0.337 e. The van der Waals surface area contributed by atoms with E-state index < -0.39 is 16.0 Å². The van der Waals surface area contributed by atoms with Gasteiger partial charge in [-0.1, -0.05) is 0 Å². The molecule has 1 aliphatic rings. The average Bonchev–Trinajstić information content (AvgIpc) is 2.53. The molecular formula is C16H22N2O6S. The number of nitrogens with zero attached hydrogens (tertiary/aromatic N) is 1. The molecule has 0 bridgehead atoms. The fourth-order valence-corrected chi connectivity index (χ4v) is 3.46. The van der Waals surface area contributed by atoms with E-state index in [9.17, 15) is 23.1 Å². The molecule has 0 aromatic heterocycles. The fraction of sp³-hybridized carbons (Fsp3) is 0.500. The summed E-state index contributed by atoms with van der Waals surface area (Å²) < 4.78 is 30.0. The van der Waals surface area contributed by atoms with Crippen molar-refractivity contribution in [2.24, 2.45) is 5.92 Å². The van der Waals surface area contributed by atoms with Gasteiger partial charge in [0.15, 0.2) is 0 Å². The highest BCUT2D eigenvalue weighted by Gasteiger charge is 2.29. The highest BCUT2D eigenvalue weighted by atomic mass is 32.2. The first-order valence-corrected chi connectivity index (χ1v) is 9.87. The van der Waals surface area contributed by atoms with E-state index in [1.165, 1.54) is 12.1 Å². The lowest BCUT2D eigenvalue weighted by Crippen LogP contribution is -2.40. The first kappa shape index (κ1) is 19.0. The molecule has 1 aliphatic heterocycles. The summed E-state index contributed by atoms with van der Waals surface area (Å²) in [4.78, 5) is 25.4. The van der Waals surface area contributed by atoms with Gasteiger partial charge < -0.3 is 14.7 Å². The zero-order valence-electron chi connectivity index (χ0n) is 14.2. The summed E-state index contributed by atoms with van der Waals surface area (Å²) >= 11 is 0. The first-order chi connectivity index (χ1) is 11.7. The minimum Gasteiger partial charge on any atom is -0.478 e. The number of sulfonamides is 1. The molecule has 2 N–H and O–H groups in total. The monoisotopic (exact) mass is 370 g/mol. The number of hydrogen-bond donors (Lipinski definition) is 2. The number of anilines is 2. The largest absolute Gasteiger partial charge is 0.478 e. The zero-order valence-corrected chi connectivity index (χ0v) is 15.0. The third-order valence-electron chi connectivity index (χ3n) is 3.91. The van der Waals surface area contributed by atoms with Crippen LogP contribution in [0.2, 0.25) is 0 Å². The molecule has 0 amide bonds. The van der Waals surface area contributed by atoms with Crippen LogP contribution in [0.5, 0.6) is 0 Å². The number of aromatic carboxylic acids is 1. The molecule has 0 radical (unpaired) electrons. The van der Waals surface area contributed by atoms with E-state index in [4.69, 9.17) is 4.74 Å². The van der Waals surface area contributed by atoms with Crippen molar-refractivity contribution in [1.29, 1.82) is 0 Å². The van der Waals surface area contributed by atoms with Gasteiger partial charge in [-0.05, 0) is 38.0 Å². The van der Waals surface area contributed by atoms with Crippen LogP contribution in [0.25, 0.3) is 0 Å². The van der Waals surface area contributed by atoms with Gasteiger partial charge in [0.2, 0.25) is 10.0 Å². The molecular weight excluding hydrogens is 348 g/mol. The SMILES string of the molecule is CCOC(=O)[C@@H]1CCCN(c2ccc(NS(C)(=O)=O)cc2C(=O)O)C1. The minimum atomic E-state index is -3.50. The number of ether oxygens (including phenoxy) is 1. The van der Waals surface area contributed by atoms with Gasteiger partial charge in [0, 0.05) is 18.8 Å². The van der Waals surface area contributed by atoms with Crippen LogP contribution < -0.4 is 9.62 Å². The molecule has 9 heteroatoms. The lowest BCUT2D eigenvalue weighted by molar-refractivity contribution is -0.148. The summed E-state index contributed by atoms with van der Waals surface area (Å²) in [5.74, 6) is -1.74. The highest BCUT2D eigenvalue weighted by molar-refractivity contribution is 7.92. The van der Waals surface area contributed by atoms with Gasteiger partial charge in [0.25, 0.3) is 0 Å². The predicted octanol–water partition coefficient (Wildman–Crippen LogP) is 1.54. The van der Waals surface area contributed by atoms with Gasteiger partial charge >= 0.3 is 11.9 Å². The summed E-state index contributed by atoms with van der Waals surface area (Å²) in [7, 11) is -3.50. The standard InChI is InChI=1S/C16H22N2O6S/c1-3-24-16(21)11-5-4-8-18(10-11)14-7-6-12(17-25(2,22)23)9-13(14)15(19)20/h6-7,9,11,17H,3-5,8,10H2,1-2H3,(H,19,20)/t11-/m1/s1. The average molecular weight is 370 g/mol. The van der Waals surface area contributed by atoms with Gasteiger partial charge in [0.05, 0.1) is 30.0 Å². The number of carboxylic acid groups (broad SMARTS) is 1. The number of piperidine rings is 1. The molecule has 1 heterocycles. The molecule has 2 rings (SSSR count). The third-order valence-corrected chi connectivity index (χ3v) is 4.52. The molecule has 0 unspecified atom stereocenters. The summed E-state index contributed by atoms with van der Waals surface area (Å²) in [6.45, 7) is 3.04. The summed E-state index contributed by atoms with van der Waals surface area (Å²) in [5.41, 5.74) is 0.626. The lowest BCUT2D eigenvalue weighted by atomic mass is 9.97. The number of rotatable bonds is 6. The zero-order chi connectivity index (χ0) is 18.6. The van der Waals surface area contributed by atoms with Crippen LogP contribution in [0.15, 0.2) is 18.2 Å². The normalized spacial score (nSPS) is 17.8. The predicted molar refractivity (Wildman–Crippen MR) is 93.4 cm³/mol. The van der Waals surface area contributed by atoms with Crippen molar-refractivity contribution in [3.8, 4) is 0 Å². The topological polar surface area (TPSA) is 113 Å². The third kappa shape index (κ3) is 5.09. The second kappa shape index (κ2) is 7.73. The molecule has 1 atom stereocenters. The number of benzene rings is 1. The van der Waals surface area contributed by atoms with Crippen molar-refractivity contribution < 1.29 is 27.9 Å². The number of nitrogens with one attached hydrogen (secondary N) is 1. The molecule has 1 fully saturated rings. The molecule has 1 aromatic rings. The highest BCUT2D eigenvalue weighted by Crippen LogP contribution is 2.29. The Balaban J connectivity index is 2.28. The Kier molecular flexibility index (Phi) is 5.89. The Morgan fingerprint density at radius 1 is 1.40 bits per heavy atom. The molecule has 1 saturated heterocycles. The molecule has 1 aromatic carbocycles. The second-order valence-electron chi connectivity index (χ2n) is 5.95. The molecule has 0 saturated carbocycles. The van der Waals surface area contributed by atoms with Crippen molar-refractivity contribution in [3.63, 3.8) is 0 Å². The van der Waals surface area contributed by atoms with Crippen molar-refractivity contribution in [2.45, 2.75) is 19.8 Å². The van der Waals surface area contributed by atoms with Crippen molar-refractivity contribution in [3.05, 3.63) is 23.8 Å². The van der Waals surface area contributed by atoms with Crippen LogP contribution in [0.4, 0.5) is 11.4 Å². The smallest absolute Gasteiger partial charge is 0.337 e. The van der Waals surface area contributed by atoms with Crippen LogP contribution in [0.1, 0.15) is 30.1 Å². The van der Waals surface area contributed by atoms with E-state index in [1.807, 2.05) is 4.90 Å². The van der Waals surface area contributed by atoms with E-state index in [0.717, 1.165) is 12.7 Å². The Labute approximate surface area is 146 Å². The van der Waals surface area contributed by atoms with E-state index in [-0.39, 0.29) is 23.1 Å².